The molecule has 0 saturated carbocycles. The summed E-state index contributed by atoms with van der Waals surface area (Å²) in [5, 5.41) is 21.2. The summed E-state index contributed by atoms with van der Waals surface area (Å²) in [6.45, 7) is 3.28. The van der Waals surface area contributed by atoms with Crippen molar-refractivity contribution >= 4 is 34.2 Å². The minimum atomic E-state index is -0.989. The minimum Gasteiger partial charge on any atom is -0.463 e. The maximum atomic E-state index is 12.6. The molecule has 2 N–H and O–H groups in total. The molecule has 1 atom stereocenters. The quantitative estimate of drug-likeness (QED) is 0.347. The molecule has 0 bridgehead atoms. The number of nitro benzene ring substituents is 1. The molecule has 0 radical (unpaired) electrons. The van der Waals surface area contributed by atoms with Gasteiger partial charge >= 0.3 is 5.97 Å². The molecule has 0 amide bonds. The third-order valence-corrected chi connectivity index (χ3v) is 4.70. The number of fused-ring (bicyclic) bond motifs is 1. The number of nitriles is 1. The fraction of sp³-hybridized carbons (Fsp3) is 0.211. The van der Waals surface area contributed by atoms with Crippen LogP contribution in [0.25, 0.3) is 10.9 Å². The molecule has 1 aromatic carbocycles. The summed E-state index contributed by atoms with van der Waals surface area (Å²) in [6, 6.07) is 7.61. The SMILES string of the molecule is CCOC(=O)C1=C(C)OC(N)=C(C#N)C1c1cc2cc([N+](=O)[O-])ccc2nc1Cl. The molecule has 29 heavy (non-hydrogen) atoms. The predicted octanol–water partition coefficient (Wildman–Crippen LogP) is 3.44. The maximum Gasteiger partial charge on any atom is 0.338 e. The lowest BCUT2D eigenvalue weighted by molar-refractivity contribution is -0.384. The molecule has 1 aromatic heterocycles. The Labute approximate surface area is 170 Å². The lowest BCUT2D eigenvalue weighted by Crippen LogP contribution is -2.26. The number of benzene rings is 1. The molecular formula is C19H15ClN4O5. The Balaban J connectivity index is 2.28. The van der Waals surface area contributed by atoms with Crippen molar-refractivity contribution in [2.75, 3.05) is 6.61 Å². The van der Waals surface area contributed by atoms with Crippen LogP contribution in [0.2, 0.25) is 5.15 Å². The van der Waals surface area contributed by atoms with Gasteiger partial charge in [-0.15, -0.1) is 0 Å². The van der Waals surface area contributed by atoms with Crippen molar-refractivity contribution in [2.24, 2.45) is 5.73 Å². The number of allylic oxidation sites excluding steroid dienone is 2. The predicted molar refractivity (Wildman–Crippen MR) is 103 cm³/mol. The zero-order valence-electron chi connectivity index (χ0n) is 15.4. The van der Waals surface area contributed by atoms with Gasteiger partial charge in [-0.1, -0.05) is 11.6 Å². The normalized spacial score (nSPS) is 16.4. The van der Waals surface area contributed by atoms with Gasteiger partial charge < -0.3 is 15.2 Å². The first-order valence-corrected chi connectivity index (χ1v) is 8.86. The van der Waals surface area contributed by atoms with Gasteiger partial charge in [0.05, 0.1) is 28.5 Å². The zero-order chi connectivity index (χ0) is 21.3. The lowest BCUT2D eigenvalue weighted by Gasteiger charge is -2.27. The van der Waals surface area contributed by atoms with Crippen LogP contribution in [0.4, 0.5) is 5.69 Å². The number of nitrogens with zero attached hydrogens (tertiary/aromatic N) is 3. The average Bonchev–Trinajstić information content (AvgIpc) is 2.66. The summed E-state index contributed by atoms with van der Waals surface area (Å²) in [6.07, 6.45) is 0. The van der Waals surface area contributed by atoms with Crippen LogP contribution in [-0.4, -0.2) is 22.5 Å². The van der Waals surface area contributed by atoms with Crippen LogP contribution in [-0.2, 0) is 14.3 Å². The molecule has 2 aromatic rings. The van der Waals surface area contributed by atoms with Crippen LogP contribution >= 0.6 is 11.6 Å². The molecule has 0 spiro atoms. The van der Waals surface area contributed by atoms with Gasteiger partial charge in [-0.05, 0) is 26.0 Å². The van der Waals surface area contributed by atoms with Crippen LogP contribution in [0, 0.1) is 21.4 Å². The standard InChI is InChI=1S/C19H15ClN4O5/c1-3-28-19(25)15-9(2)29-18(22)13(8-21)16(15)12-7-10-6-11(24(26)27)4-5-14(10)23-17(12)20/h4-7,16H,3,22H2,1-2H3. The highest BCUT2D eigenvalue weighted by Crippen LogP contribution is 2.42. The van der Waals surface area contributed by atoms with Crippen molar-refractivity contribution in [3.63, 3.8) is 0 Å². The van der Waals surface area contributed by atoms with E-state index in [2.05, 4.69) is 4.98 Å². The van der Waals surface area contributed by atoms with Crippen molar-refractivity contribution < 1.29 is 19.2 Å². The largest absolute Gasteiger partial charge is 0.463 e. The number of rotatable bonds is 4. The van der Waals surface area contributed by atoms with Gasteiger partial charge in [0.2, 0.25) is 5.88 Å². The molecule has 0 fully saturated rings. The molecule has 3 rings (SSSR count). The summed E-state index contributed by atoms with van der Waals surface area (Å²) < 4.78 is 10.5. The van der Waals surface area contributed by atoms with Crippen LogP contribution in [0.5, 0.6) is 0 Å². The Bertz CT molecular complexity index is 1150. The number of carbonyl (C=O) groups excluding carboxylic acids is 1. The number of nitrogens with two attached hydrogens (primary N) is 1. The van der Waals surface area contributed by atoms with Crippen molar-refractivity contribution in [2.45, 2.75) is 19.8 Å². The van der Waals surface area contributed by atoms with Gasteiger partial charge in [-0.2, -0.15) is 5.26 Å². The van der Waals surface area contributed by atoms with E-state index in [-0.39, 0.29) is 45.8 Å². The molecule has 148 valence electrons. The number of pyridine rings is 1. The number of esters is 1. The Hall–Kier alpha value is -3.64. The van der Waals surface area contributed by atoms with Crippen molar-refractivity contribution in [1.29, 1.82) is 5.26 Å². The van der Waals surface area contributed by atoms with Crippen molar-refractivity contribution in [3.05, 3.63) is 67.9 Å². The third kappa shape index (κ3) is 3.58. The second-order valence-corrected chi connectivity index (χ2v) is 6.48. The number of nitro groups is 1. The first-order valence-electron chi connectivity index (χ1n) is 8.48. The van der Waals surface area contributed by atoms with Crippen LogP contribution in [0.1, 0.15) is 25.3 Å². The number of non-ortho nitro benzene ring substituents is 1. The Kier molecular flexibility index (Phi) is 5.39. The smallest absolute Gasteiger partial charge is 0.338 e. The number of hydrogen-bond acceptors (Lipinski definition) is 8. The first kappa shape index (κ1) is 20.1. The van der Waals surface area contributed by atoms with E-state index in [0.717, 1.165) is 0 Å². The van der Waals surface area contributed by atoms with E-state index < -0.39 is 16.8 Å². The summed E-state index contributed by atoms with van der Waals surface area (Å²) >= 11 is 6.37. The number of halogens is 1. The summed E-state index contributed by atoms with van der Waals surface area (Å²) in [5.74, 6) is -1.68. The van der Waals surface area contributed by atoms with Crippen LogP contribution < -0.4 is 5.73 Å². The van der Waals surface area contributed by atoms with Gasteiger partial charge in [0.25, 0.3) is 5.69 Å². The monoisotopic (exact) mass is 414 g/mol. The van der Waals surface area contributed by atoms with Crippen molar-refractivity contribution in [1.82, 2.24) is 4.98 Å². The van der Waals surface area contributed by atoms with E-state index in [1.54, 1.807) is 13.0 Å². The molecule has 1 aliphatic rings. The molecule has 2 heterocycles. The molecule has 10 heteroatoms. The number of ether oxygens (including phenoxy) is 2. The molecular weight excluding hydrogens is 400 g/mol. The Morgan fingerprint density at radius 3 is 2.83 bits per heavy atom. The number of hydrogen-bond donors (Lipinski definition) is 1. The van der Waals surface area contributed by atoms with E-state index in [1.807, 2.05) is 6.07 Å². The van der Waals surface area contributed by atoms with Gasteiger partial charge in [0.15, 0.2) is 0 Å². The number of aromatic nitrogens is 1. The van der Waals surface area contributed by atoms with Crippen LogP contribution in [0.15, 0.2) is 47.1 Å². The Morgan fingerprint density at radius 2 is 2.21 bits per heavy atom. The fourth-order valence-electron chi connectivity index (χ4n) is 3.14. The summed E-state index contributed by atoms with van der Waals surface area (Å²) in [5.41, 5.74) is 6.46. The van der Waals surface area contributed by atoms with Crippen LogP contribution in [0.3, 0.4) is 0 Å². The third-order valence-electron chi connectivity index (χ3n) is 4.40. The van der Waals surface area contributed by atoms with Gasteiger partial charge in [-0.25, -0.2) is 9.78 Å². The molecule has 0 saturated heterocycles. The van der Waals surface area contributed by atoms with Gasteiger partial charge in [0.1, 0.15) is 22.6 Å². The minimum absolute atomic E-state index is 0.0217. The molecule has 9 nitrogen and oxygen atoms in total. The van der Waals surface area contributed by atoms with E-state index in [0.29, 0.717) is 10.9 Å². The molecule has 1 unspecified atom stereocenters. The van der Waals surface area contributed by atoms with E-state index in [4.69, 9.17) is 26.8 Å². The van der Waals surface area contributed by atoms with Gasteiger partial charge in [-0.3, -0.25) is 10.1 Å². The molecule has 1 aliphatic heterocycles. The Morgan fingerprint density at radius 1 is 1.48 bits per heavy atom. The summed E-state index contributed by atoms with van der Waals surface area (Å²) in [4.78, 5) is 27.4. The second-order valence-electron chi connectivity index (χ2n) is 6.12. The molecule has 0 aliphatic carbocycles. The second kappa shape index (κ2) is 7.77. The highest BCUT2D eigenvalue weighted by atomic mass is 35.5. The topological polar surface area (TPSA) is 141 Å². The fourth-order valence-corrected chi connectivity index (χ4v) is 3.39. The van der Waals surface area contributed by atoms with E-state index in [9.17, 15) is 20.2 Å². The number of carbonyl (C=O) groups is 1. The van der Waals surface area contributed by atoms with E-state index in [1.165, 1.54) is 25.1 Å². The zero-order valence-corrected chi connectivity index (χ0v) is 16.2. The van der Waals surface area contributed by atoms with E-state index >= 15 is 0 Å². The highest BCUT2D eigenvalue weighted by molar-refractivity contribution is 6.30. The average molecular weight is 415 g/mol. The highest BCUT2D eigenvalue weighted by Gasteiger charge is 2.38. The summed E-state index contributed by atoms with van der Waals surface area (Å²) in [7, 11) is 0. The first-order chi connectivity index (χ1) is 13.8. The van der Waals surface area contributed by atoms with Crippen molar-refractivity contribution in [3.8, 4) is 6.07 Å². The lowest BCUT2D eigenvalue weighted by atomic mass is 9.83. The maximum absolute atomic E-state index is 12.6. The van der Waals surface area contributed by atoms with Gasteiger partial charge in [0, 0.05) is 23.1 Å².